The van der Waals surface area contributed by atoms with Crippen LogP contribution < -0.4 is 0 Å². The van der Waals surface area contributed by atoms with Crippen molar-refractivity contribution in [2.24, 2.45) is 0 Å². The molecule has 5 nitrogen and oxygen atoms in total. The maximum Gasteiger partial charge on any atom is 0.223 e. The van der Waals surface area contributed by atoms with Crippen LogP contribution in [0.25, 0.3) is 0 Å². The van der Waals surface area contributed by atoms with Gasteiger partial charge in [0.1, 0.15) is 0 Å². The SMILES string of the molecule is CC(C)(CCC(=O)N1CCN(C(=O)CCN2CCCC2)CC1)c1ccccc1. The van der Waals surface area contributed by atoms with E-state index in [9.17, 15) is 9.59 Å². The van der Waals surface area contributed by atoms with E-state index in [1.54, 1.807) is 0 Å². The van der Waals surface area contributed by atoms with E-state index in [0.29, 0.717) is 39.0 Å². The molecule has 1 aromatic rings. The smallest absolute Gasteiger partial charge is 0.223 e. The minimum atomic E-state index is -0.00964. The predicted molar refractivity (Wildman–Crippen MR) is 112 cm³/mol. The third-order valence-corrected chi connectivity index (χ3v) is 6.34. The van der Waals surface area contributed by atoms with E-state index in [4.69, 9.17) is 0 Å². The molecule has 28 heavy (non-hydrogen) atoms. The molecule has 0 bridgehead atoms. The molecular formula is C23H35N3O2. The van der Waals surface area contributed by atoms with Crippen molar-refractivity contribution in [2.75, 3.05) is 45.8 Å². The Bertz CT molecular complexity index is 645. The maximum absolute atomic E-state index is 12.7. The van der Waals surface area contributed by atoms with E-state index in [1.165, 1.54) is 18.4 Å². The van der Waals surface area contributed by atoms with E-state index in [0.717, 1.165) is 26.1 Å². The van der Waals surface area contributed by atoms with Gasteiger partial charge in [0.25, 0.3) is 0 Å². The van der Waals surface area contributed by atoms with Gasteiger partial charge >= 0.3 is 0 Å². The molecule has 2 aliphatic rings. The van der Waals surface area contributed by atoms with Gasteiger partial charge in [-0.3, -0.25) is 9.59 Å². The van der Waals surface area contributed by atoms with Gasteiger partial charge in [-0.1, -0.05) is 44.2 Å². The summed E-state index contributed by atoms with van der Waals surface area (Å²) in [6.07, 6.45) is 4.53. The van der Waals surface area contributed by atoms with Gasteiger partial charge in [-0.2, -0.15) is 0 Å². The van der Waals surface area contributed by atoms with Crippen molar-refractivity contribution in [2.45, 2.75) is 51.4 Å². The molecule has 2 aliphatic heterocycles. The Kier molecular flexibility index (Phi) is 7.11. The van der Waals surface area contributed by atoms with Crippen LogP contribution in [0.4, 0.5) is 0 Å². The molecule has 0 unspecified atom stereocenters. The van der Waals surface area contributed by atoms with Crippen LogP contribution in [-0.2, 0) is 15.0 Å². The van der Waals surface area contributed by atoms with E-state index in [2.05, 4.69) is 43.0 Å². The van der Waals surface area contributed by atoms with Crippen molar-refractivity contribution in [1.29, 1.82) is 0 Å². The van der Waals surface area contributed by atoms with Crippen LogP contribution in [0, 0.1) is 0 Å². The number of nitrogens with zero attached hydrogens (tertiary/aromatic N) is 3. The highest BCUT2D eigenvalue weighted by molar-refractivity contribution is 5.78. The summed E-state index contributed by atoms with van der Waals surface area (Å²) in [6, 6.07) is 10.4. The molecule has 5 heteroatoms. The second-order valence-electron chi connectivity index (χ2n) is 8.81. The van der Waals surface area contributed by atoms with E-state index in [1.807, 2.05) is 15.9 Å². The van der Waals surface area contributed by atoms with Crippen molar-refractivity contribution in [3.8, 4) is 0 Å². The quantitative estimate of drug-likeness (QED) is 0.725. The number of carbonyl (C=O) groups excluding carboxylic acids is 2. The highest BCUT2D eigenvalue weighted by atomic mass is 16.2. The van der Waals surface area contributed by atoms with Crippen molar-refractivity contribution >= 4 is 11.8 Å². The summed E-state index contributed by atoms with van der Waals surface area (Å²) in [7, 11) is 0. The average Bonchev–Trinajstić information content (AvgIpc) is 3.25. The minimum Gasteiger partial charge on any atom is -0.339 e. The van der Waals surface area contributed by atoms with E-state index < -0.39 is 0 Å². The summed E-state index contributed by atoms with van der Waals surface area (Å²) in [5.74, 6) is 0.456. The molecule has 0 atom stereocenters. The van der Waals surface area contributed by atoms with Gasteiger partial charge in [-0.25, -0.2) is 0 Å². The predicted octanol–water partition coefficient (Wildman–Crippen LogP) is 2.90. The highest BCUT2D eigenvalue weighted by Gasteiger charge is 2.27. The second kappa shape index (κ2) is 9.55. The Morgan fingerprint density at radius 1 is 0.821 bits per heavy atom. The Balaban J connectivity index is 1.39. The number of rotatable bonds is 7. The first kappa shape index (κ1) is 20.8. The summed E-state index contributed by atoms with van der Waals surface area (Å²) < 4.78 is 0. The molecule has 2 amide bonds. The number of likely N-dealkylation sites (tertiary alicyclic amines) is 1. The van der Waals surface area contributed by atoms with Crippen molar-refractivity contribution in [1.82, 2.24) is 14.7 Å². The standard InChI is InChI=1S/C23H35N3O2/c1-23(2,20-8-4-3-5-9-20)12-10-21(27)25-16-18-26(19-17-25)22(28)11-15-24-13-6-7-14-24/h3-5,8-9H,6-7,10-19H2,1-2H3. The Labute approximate surface area is 169 Å². The summed E-state index contributed by atoms with van der Waals surface area (Å²) in [5, 5.41) is 0. The van der Waals surface area contributed by atoms with Crippen LogP contribution in [-0.4, -0.2) is 72.3 Å². The number of hydrogen-bond acceptors (Lipinski definition) is 3. The number of amides is 2. The molecule has 0 aromatic heterocycles. The largest absolute Gasteiger partial charge is 0.339 e. The zero-order valence-corrected chi connectivity index (χ0v) is 17.5. The Morgan fingerprint density at radius 2 is 1.36 bits per heavy atom. The monoisotopic (exact) mass is 385 g/mol. The molecule has 0 aliphatic carbocycles. The number of piperazine rings is 1. The molecule has 3 rings (SSSR count). The molecule has 2 fully saturated rings. The summed E-state index contributed by atoms with van der Waals surface area (Å²) in [5.41, 5.74) is 1.26. The molecule has 2 heterocycles. The maximum atomic E-state index is 12.7. The first-order chi connectivity index (χ1) is 13.5. The first-order valence-corrected chi connectivity index (χ1v) is 10.8. The highest BCUT2D eigenvalue weighted by Crippen LogP contribution is 2.28. The zero-order chi connectivity index (χ0) is 20.0. The fourth-order valence-electron chi connectivity index (χ4n) is 4.23. The fraction of sp³-hybridized carbons (Fsp3) is 0.652. The Morgan fingerprint density at radius 3 is 1.93 bits per heavy atom. The van der Waals surface area contributed by atoms with Gasteiger partial charge in [-0.05, 0) is 43.3 Å². The van der Waals surface area contributed by atoms with Crippen molar-refractivity contribution in [3.63, 3.8) is 0 Å². The molecule has 1 aromatic carbocycles. The second-order valence-corrected chi connectivity index (χ2v) is 8.81. The van der Waals surface area contributed by atoms with Crippen molar-refractivity contribution < 1.29 is 9.59 Å². The third kappa shape index (κ3) is 5.57. The molecule has 0 N–H and O–H groups in total. The molecule has 0 saturated carbocycles. The summed E-state index contributed by atoms with van der Waals surface area (Å²) in [4.78, 5) is 31.4. The zero-order valence-electron chi connectivity index (χ0n) is 17.5. The van der Waals surface area contributed by atoms with Crippen molar-refractivity contribution in [3.05, 3.63) is 35.9 Å². The lowest BCUT2D eigenvalue weighted by Crippen LogP contribution is -2.51. The number of hydrogen-bond donors (Lipinski definition) is 0. The van der Waals surface area contributed by atoms with Gasteiger partial charge in [0.05, 0.1) is 0 Å². The fourth-order valence-corrected chi connectivity index (χ4v) is 4.23. The Hall–Kier alpha value is -1.88. The third-order valence-electron chi connectivity index (χ3n) is 6.34. The van der Waals surface area contributed by atoms with Crippen LogP contribution in [0.2, 0.25) is 0 Å². The van der Waals surface area contributed by atoms with Crippen LogP contribution >= 0.6 is 0 Å². The van der Waals surface area contributed by atoms with Crippen LogP contribution in [0.5, 0.6) is 0 Å². The van der Waals surface area contributed by atoms with Gasteiger partial charge in [0, 0.05) is 45.6 Å². The summed E-state index contributed by atoms with van der Waals surface area (Å²) >= 11 is 0. The van der Waals surface area contributed by atoms with E-state index in [-0.39, 0.29) is 17.2 Å². The van der Waals surface area contributed by atoms with Gasteiger partial charge in [0.15, 0.2) is 0 Å². The minimum absolute atomic E-state index is 0.00964. The molecule has 2 saturated heterocycles. The lowest BCUT2D eigenvalue weighted by Gasteiger charge is -2.36. The molecule has 0 spiro atoms. The van der Waals surface area contributed by atoms with E-state index >= 15 is 0 Å². The van der Waals surface area contributed by atoms with Crippen LogP contribution in [0.3, 0.4) is 0 Å². The van der Waals surface area contributed by atoms with Crippen LogP contribution in [0.1, 0.15) is 51.5 Å². The lowest BCUT2D eigenvalue weighted by atomic mass is 9.80. The average molecular weight is 386 g/mol. The molecular weight excluding hydrogens is 350 g/mol. The van der Waals surface area contributed by atoms with Gasteiger partial charge in [0.2, 0.25) is 11.8 Å². The molecule has 154 valence electrons. The van der Waals surface area contributed by atoms with Gasteiger partial charge in [-0.15, -0.1) is 0 Å². The summed E-state index contributed by atoms with van der Waals surface area (Å²) in [6.45, 7) is 10.2. The number of carbonyl (C=O) groups is 2. The number of benzene rings is 1. The van der Waals surface area contributed by atoms with Crippen LogP contribution in [0.15, 0.2) is 30.3 Å². The van der Waals surface area contributed by atoms with Gasteiger partial charge < -0.3 is 14.7 Å². The normalized spacial score (nSPS) is 18.5. The lowest BCUT2D eigenvalue weighted by molar-refractivity contribution is -0.139. The topological polar surface area (TPSA) is 43.9 Å². The first-order valence-electron chi connectivity index (χ1n) is 10.8. The molecule has 0 radical (unpaired) electrons.